The molecule has 0 radical (unpaired) electrons. The molecule has 0 saturated carbocycles. The van der Waals surface area contributed by atoms with Crippen LogP contribution in [0, 0.1) is 0 Å². The lowest BCUT2D eigenvalue weighted by molar-refractivity contribution is 0.473. The fourth-order valence-electron chi connectivity index (χ4n) is 1.65. The quantitative estimate of drug-likeness (QED) is 0.728. The Morgan fingerprint density at radius 1 is 1.43 bits per heavy atom. The van der Waals surface area contributed by atoms with Gasteiger partial charge in [-0.05, 0) is 37.8 Å². The molecular weight excluding hydrogens is 190 g/mol. The van der Waals surface area contributed by atoms with Crippen LogP contribution < -0.4 is 5.32 Å². The zero-order valence-electron chi connectivity index (χ0n) is 9.25. The summed E-state index contributed by atoms with van der Waals surface area (Å²) in [7, 11) is 2.08. The van der Waals surface area contributed by atoms with Crippen molar-refractivity contribution in [2.45, 2.75) is 45.1 Å². The van der Waals surface area contributed by atoms with Crippen LogP contribution in [0.4, 0.5) is 0 Å². The maximum absolute atomic E-state index is 3.40. The van der Waals surface area contributed by atoms with Crippen molar-refractivity contribution in [3.8, 4) is 0 Å². The van der Waals surface area contributed by atoms with E-state index in [1.165, 1.54) is 37.0 Å². The minimum atomic E-state index is 0.706. The van der Waals surface area contributed by atoms with Gasteiger partial charge in [0.1, 0.15) is 0 Å². The molecular formula is C12H21NS. The summed E-state index contributed by atoms with van der Waals surface area (Å²) in [4.78, 5) is 1.52. The first-order chi connectivity index (χ1) is 6.86. The molecule has 1 rings (SSSR count). The third-order valence-corrected chi connectivity index (χ3v) is 3.57. The molecule has 1 aromatic heterocycles. The molecule has 0 saturated heterocycles. The largest absolute Gasteiger partial charge is 0.317 e. The van der Waals surface area contributed by atoms with Crippen LogP contribution in [0.1, 0.15) is 37.5 Å². The number of aryl methyl sites for hydroxylation is 1. The van der Waals surface area contributed by atoms with E-state index >= 15 is 0 Å². The van der Waals surface area contributed by atoms with Crippen molar-refractivity contribution in [1.82, 2.24) is 5.32 Å². The zero-order valence-corrected chi connectivity index (χ0v) is 10.1. The topological polar surface area (TPSA) is 12.0 Å². The van der Waals surface area contributed by atoms with Crippen LogP contribution in [0.15, 0.2) is 17.5 Å². The fraction of sp³-hybridized carbons (Fsp3) is 0.667. The van der Waals surface area contributed by atoms with Gasteiger partial charge in [0.05, 0.1) is 0 Å². The number of unbranched alkanes of at least 4 members (excludes halogenated alkanes) is 1. The number of rotatable bonds is 7. The molecule has 0 bridgehead atoms. The molecule has 0 amide bonds. The van der Waals surface area contributed by atoms with Gasteiger partial charge in [0.25, 0.3) is 0 Å². The Morgan fingerprint density at radius 2 is 2.29 bits per heavy atom. The van der Waals surface area contributed by atoms with E-state index in [-0.39, 0.29) is 0 Å². The highest BCUT2D eigenvalue weighted by atomic mass is 32.1. The van der Waals surface area contributed by atoms with Crippen LogP contribution in [0.5, 0.6) is 0 Å². The Morgan fingerprint density at radius 3 is 2.86 bits per heavy atom. The molecule has 1 N–H and O–H groups in total. The van der Waals surface area contributed by atoms with E-state index in [2.05, 4.69) is 36.8 Å². The zero-order chi connectivity index (χ0) is 10.2. The molecule has 1 unspecified atom stereocenters. The summed E-state index contributed by atoms with van der Waals surface area (Å²) in [5.74, 6) is 0. The van der Waals surface area contributed by atoms with Crippen LogP contribution >= 0.6 is 11.3 Å². The Bertz CT molecular complexity index is 218. The van der Waals surface area contributed by atoms with E-state index in [1.807, 2.05) is 11.3 Å². The Balaban J connectivity index is 2.20. The molecule has 1 nitrogen and oxygen atoms in total. The smallest absolute Gasteiger partial charge is 0.00675 e. The van der Waals surface area contributed by atoms with Crippen molar-refractivity contribution in [3.63, 3.8) is 0 Å². The molecule has 0 aromatic carbocycles. The lowest BCUT2D eigenvalue weighted by Gasteiger charge is -2.14. The average molecular weight is 211 g/mol. The van der Waals surface area contributed by atoms with Crippen molar-refractivity contribution in [3.05, 3.63) is 22.4 Å². The van der Waals surface area contributed by atoms with Crippen molar-refractivity contribution >= 4 is 11.3 Å². The Kier molecular flexibility index (Phi) is 5.88. The molecule has 80 valence electrons. The second-order valence-electron chi connectivity index (χ2n) is 3.75. The number of thiophene rings is 1. The van der Waals surface area contributed by atoms with Crippen molar-refractivity contribution in [2.24, 2.45) is 0 Å². The Hall–Kier alpha value is -0.340. The van der Waals surface area contributed by atoms with Crippen LogP contribution in [-0.2, 0) is 6.42 Å². The first kappa shape index (κ1) is 11.7. The monoisotopic (exact) mass is 211 g/mol. The number of hydrogen-bond acceptors (Lipinski definition) is 2. The van der Waals surface area contributed by atoms with Crippen molar-refractivity contribution in [1.29, 1.82) is 0 Å². The fourth-order valence-corrected chi connectivity index (χ4v) is 2.38. The standard InChI is InChI=1S/C12H21NS/c1-3-4-6-11(13-2)8-9-12-7-5-10-14-12/h5,7,10-11,13H,3-4,6,8-9H2,1-2H3. The first-order valence-corrected chi connectivity index (χ1v) is 6.44. The maximum atomic E-state index is 3.40. The van der Waals surface area contributed by atoms with Gasteiger partial charge in [-0.2, -0.15) is 0 Å². The summed E-state index contributed by atoms with van der Waals surface area (Å²) in [6.45, 7) is 2.26. The van der Waals surface area contributed by atoms with E-state index < -0.39 is 0 Å². The average Bonchev–Trinajstić information content (AvgIpc) is 2.71. The summed E-state index contributed by atoms with van der Waals surface area (Å²) < 4.78 is 0. The molecule has 0 spiro atoms. The van der Waals surface area contributed by atoms with Gasteiger partial charge in [0.2, 0.25) is 0 Å². The SMILES string of the molecule is CCCCC(CCc1cccs1)NC. The molecule has 1 atom stereocenters. The molecule has 0 aliphatic rings. The molecule has 2 heteroatoms. The summed E-state index contributed by atoms with van der Waals surface area (Å²) in [5.41, 5.74) is 0. The van der Waals surface area contributed by atoms with Crippen LogP contribution in [0.3, 0.4) is 0 Å². The summed E-state index contributed by atoms with van der Waals surface area (Å²) in [5, 5.41) is 5.57. The predicted molar refractivity (Wildman–Crippen MR) is 65.0 cm³/mol. The molecule has 0 aliphatic carbocycles. The lowest BCUT2D eigenvalue weighted by Crippen LogP contribution is -2.25. The second kappa shape index (κ2) is 7.02. The number of nitrogens with one attached hydrogen (secondary N) is 1. The van der Waals surface area contributed by atoms with Gasteiger partial charge < -0.3 is 5.32 Å². The van der Waals surface area contributed by atoms with E-state index in [9.17, 15) is 0 Å². The highest BCUT2D eigenvalue weighted by Crippen LogP contribution is 2.14. The van der Waals surface area contributed by atoms with Gasteiger partial charge in [-0.15, -0.1) is 11.3 Å². The predicted octanol–water partition coefficient (Wildman–Crippen LogP) is 3.46. The third-order valence-electron chi connectivity index (χ3n) is 2.63. The Labute approximate surface area is 91.5 Å². The van der Waals surface area contributed by atoms with Crippen molar-refractivity contribution < 1.29 is 0 Å². The second-order valence-corrected chi connectivity index (χ2v) is 4.78. The maximum Gasteiger partial charge on any atom is 0.00675 e. The summed E-state index contributed by atoms with van der Waals surface area (Å²) in [6, 6.07) is 5.08. The lowest BCUT2D eigenvalue weighted by atomic mass is 10.0. The van der Waals surface area contributed by atoms with Gasteiger partial charge in [0, 0.05) is 10.9 Å². The molecule has 0 aliphatic heterocycles. The summed E-state index contributed by atoms with van der Waals surface area (Å²) in [6.07, 6.45) is 6.47. The van der Waals surface area contributed by atoms with E-state index in [0.717, 1.165) is 0 Å². The van der Waals surface area contributed by atoms with Gasteiger partial charge in [-0.25, -0.2) is 0 Å². The van der Waals surface area contributed by atoms with Gasteiger partial charge in [-0.3, -0.25) is 0 Å². The first-order valence-electron chi connectivity index (χ1n) is 5.56. The normalized spacial score (nSPS) is 13.0. The number of hydrogen-bond donors (Lipinski definition) is 1. The summed E-state index contributed by atoms with van der Waals surface area (Å²) >= 11 is 1.87. The molecule has 1 aromatic rings. The van der Waals surface area contributed by atoms with E-state index in [4.69, 9.17) is 0 Å². The van der Waals surface area contributed by atoms with Crippen LogP contribution in [-0.4, -0.2) is 13.1 Å². The van der Waals surface area contributed by atoms with Gasteiger partial charge >= 0.3 is 0 Å². The molecule has 14 heavy (non-hydrogen) atoms. The van der Waals surface area contributed by atoms with E-state index in [0.29, 0.717) is 6.04 Å². The molecule has 1 heterocycles. The third kappa shape index (κ3) is 4.25. The van der Waals surface area contributed by atoms with E-state index in [1.54, 1.807) is 0 Å². The van der Waals surface area contributed by atoms with Crippen LogP contribution in [0.25, 0.3) is 0 Å². The van der Waals surface area contributed by atoms with Crippen LogP contribution in [0.2, 0.25) is 0 Å². The minimum absolute atomic E-state index is 0.706. The van der Waals surface area contributed by atoms with Gasteiger partial charge in [-0.1, -0.05) is 25.8 Å². The highest BCUT2D eigenvalue weighted by molar-refractivity contribution is 7.09. The minimum Gasteiger partial charge on any atom is -0.317 e. The van der Waals surface area contributed by atoms with Gasteiger partial charge in [0.15, 0.2) is 0 Å². The van der Waals surface area contributed by atoms with Crippen molar-refractivity contribution in [2.75, 3.05) is 7.05 Å². The highest BCUT2D eigenvalue weighted by Gasteiger charge is 2.05. The molecule has 0 fully saturated rings.